The lowest BCUT2D eigenvalue weighted by Gasteiger charge is -2.16. The summed E-state index contributed by atoms with van der Waals surface area (Å²) >= 11 is 0. The van der Waals surface area contributed by atoms with Gasteiger partial charge in [-0.05, 0) is 19.9 Å². The zero-order valence-electron chi connectivity index (χ0n) is 8.77. The molecule has 2 atom stereocenters. The van der Waals surface area contributed by atoms with E-state index in [-0.39, 0.29) is 12.1 Å². The Morgan fingerprint density at radius 3 is 2.87 bits per heavy atom. The van der Waals surface area contributed by atoms with Crippen molar-refractivity contribution in [3.05, 3.63) is 36.3 Å². The zero-order valence-corrected chi connectivity index (χ0v) is 8.77. The molecule has 15 heavy (non-hydrogen) atoms. The summed E-state index contributed by atoms with van der Waals surface area (Å²) in [5.74, 6) is 0.838. The Bertz CT molecular complexity index is 343. The van der Waals surface area contributed by atoms with E-state index in [9.17, 15) is 0 Å². The Kier molecular flexibility index (Phi) is 2.82. The molecule has 80 valence electrons. The third kappa shape index (κ3) is 2.24. The molecule has 5 nitrogen and oxygen atoms in total. The molecule has 0 aliphatic heterocycles. The molecular weight excluding hydrogens is 192 g/mol. The summed E-state index contributed by atoms with van der Waals surface area (Å²) in [6, 6.07) is 2.31. The first kappa shape index (κ1) is 9.92. The number of H-pyrrole nitrogens is 1. The molecule has 0 aromatic carbocycles. The molecule has 0 saturated heterocycles. The molecule has 2 aromatic heterocycles. The number of aromatic amines is 1. The fourth-order valence-corrected chi connectivity index (χ4v) is 1.50. The second-order valence-corrected chi connectivity index (χ2v) is 3.54. The summed E-state index contributed by atoms with van der Waals surface area (Å²) in [6.45, 7) is 4.12. The van der Waals surface area contributed by atoms with Gasteiger partial charge in [-0.15, -0.1) is 0 Å². The van der Waals surface area contributed by atoms with Crippen molar-refractivity contribution in [2.24, 2.45) is 0 Å². The first-order valence-corrected chi connectivity index (χ1v) is 4.91. The van der Waals surface area contributed by atoms with Gasteiger partial charge in [-0.1, -0.05) is 0 Å². The molecule has 2 aromatic rings. The normalized spacial score (nSPS) is 15.1. The molecule has 0 amide bonds. The lowest BCUT2D eigenvalue weighted by atomic mass is 10.1. The van der Waals surface area contributed by atoms with Gasteiger partial charge in [0.2, 0.25) is 0 Å². The van der Waals surface area contributed by atoms with Crippen LogP contribution >= 0.6 is 0 Å². The largest absolute Gasteiger partial charge is 0.472 e. The predicted octanol–water partition coefficient (Wildman–Crippen LogP) is 1.81. The lowest BCUT2D eigenvalue weighted by molar-refractivity contribution is 0.471. The average Bonchev–Trinajstić information content (AvgIpc) is 2.91. The second-order valence-electron chi connectivity index (χ2n) is 3.54. The van der Waals surface area contributed by atoms with Crippen molar-refractivity contribution in [3.63, 3.8) is 0 Å². The van der Waals surface area contributed by atoms with E-state index in [1.54, 1.807) is 12.5 Å². The van der Waals surface area contributed by atoms with Crippen LogP contribution in [0.2, 0.25) is 0 Å². The molecule has 2 heterocycles. The van der Waals surface area contributed by atoms with Crippen molar-refractivity contribution in [2.45, 2.75) is 25.9 Å². The summed E-state index contributed by atoms with van der Waals surface area (Å²) in [4.78, 5) is 4.10. The number of rotatable bonds is 4. The van der Waals surface area contributed by atoms with Crippen LogP contribution in [0.1, 0.15) is 37.3 Å². The van der Waals surface area contributed by atoms with Gasteiger partial charge >= 0.3 is 0 Å². The van der Waals surface area contributed by atoms with Crippen molar-refractivity contribution in [3.8, 4) is 0 Å². The molecule has 0 bridgehead atoms. The van der Waals surface area contributed by atoms with Gasteiger partial charge in [0, 0.05) is 11.6 Å². The van der Waals surface area contributed by atoms with Gasteiger partial charge in [0.25, 0.3) is 0 Å². The molecule has 2 unspecified atom stereocenters. The summed E-state index contributed by atoms with van der Waals surface area (Å²) in [6.07, 6.45) is 4.92. The van der Waals surface area contributed by atoms with Crippen LogP contribution in [0.3, 0.4) is 0 Å². The number of furan rings is 1. The van der Waals surface area contributed by atoms with Crippen molar-refractivity contribution < 1.29 is 4.42 Å². The molecule has 2 N–H and O–H groups in total. The van der Waals surface area contributed by atoms with E-state index in [4.69, 9.17) is 4.42 Å². The maximum absolute atomic E-state index is 5.03. The van der Waals surface area contributed by atoms with E-state index in [2.05, 4.69) is 27.4 Å². The Hall–Kier alpha value is -1.62. The van der Waals surface area contributed by atoms with E-state index in [1.807, 2.05) is 13.0 Å². The first-order chi connectivity index (χ1) is 7.27. The number of aromatic nitrogens is 3. The van der Waals surface area contributed by atoms with Crippen LogP contribution in [0, 0.1) is 0 Å². The number of hydrogen-bond donors (Lipinski definition) is 2. The molecule has 0 saturated carbocycles. The van der Waals surface area contributed by atoms with E-state index in [0.717, 1.165) is 11.4 Å². The monoisotopic (exact) mass is 206 g/mol. The highest BCUT2D eigenvalue weighted by Crippen LogP contribution is 2.16. The smallest absolute Gasteiger partial charge is 0.141 e. The molecule has 5 heteroatoms. The molecule has 0 aliphatic rings. The van der Waals surface area contributed by atoms with E-state index >= 15 is 0 Å². The fraction of sp³-hybridized carbons (Fsp3) is 0.400. The van der Waals surface area contributed by atoms with Gasteiger partial charge in [-0.3, -0.25) is 5.10 Å². The average molecular weight is 206 g/mol. The third-order valence-electron chi connectivity index (χ3n) is 2.39. The molecule has 0 fully saturated rings. The Morgan fingerprint density at radius 1 is 1.40 bits per heavy atom. The number of hydrogen-bond acceptors (Lipinski definition) is 4. The molecule has 0 radical (unpaired) electrons. The second kappa shape index (κ2) is 4.27. The van der Waals surface area contributed by atoms with Crippen LogP contribution in [0.4, 0.5) is 0 Å². The molecule has 0 spiro atoms. The van der Waals surface area contributed by atoms with Gasteiger partial charge in [0.1, 0.15) is 12.2 Å². The van der Waals surface area contributed by atoms with E-state index < -0.39 is 0 Å². The fourth-order valence-electron chi connectivity index (χ4n) is 1.50. The van der Waals surface area contributed by atoms with Crippen molar-refractivity contribution >= 4 is 0 Å². The highest BCUT2D eigenvalue weighted by Gasteiger charge is 2.13. The van der Waals surface area contributed by atoms with Crippen LogP contribution in [-0.2, 0) is 0 Å². The summed E-state index contributed by atoms with van der Waals surface area (Å²) in [5.41, 5.74) is 1.13. The van der Waals surface area contributed by atoms with E-state index in [0.29, 0.717) is 0 Å². The third-order valence-corrected chi connectivity index (χ3v) is 2.39. The van der Waals surface area contributed by atoms with Gasteiger partial charge in [0.05, 0.1) is 18.6 Å². The van der Waals surface area contributed by atoms with Gasteiger partial charge in [0.15, 0.2) is 0 Å². The molecule has 2 rings (SSSR count). The zero-order chi connectivity index (χ0) is 10.7. The highest BCUT2D eigenvalue weighted by atomic mass is 16.3. The van der Waals surface area contributed by atoms with Crippen molar-refractivity contribution in [1.29, 1.82) is 0 Å². The highest BCUT2D eigenvalue weighted by molar-refractivity contribution is 5.11. The summed E-state index contributed by atoms with van der Waals surface area (Å²) in [7, 11) is 0. The maximum Gasteiger partial charge on any atom is 0.141 e. The maximum atomic E-state index is 5.03. The first-order valence-electron chi connectivity index (χ1n) is 4.91. The SMILES string of the molecule is CC(NC(C)c1ncn[nH]1)c1ccoc1. The minimum Gasteiger partial charge on any atom is -0.472 e. The standard InChI is InChI=1S/C10H14N4O/c1-7(9-3-4-15-5-9)13-8(2)10-11-6-12-14-10/h3-8,13H,1-2H3,(H,11,12,14). The van der Waals surface area contributed by atoms with Crippen LogP contribution < -0.4 is 5.32 Å². The van der Waals surface area contributed by atoms with Gasteiger partial charge < -0.3 is 9.73 Å². The molecular formula is C10H14N4O. The van der Waals surface area contributed by atoms with Crippen LogP contribution in [0.25, 0.3) is 0 Å². The Balaban J connectivity index is 1.98. The summed E-state index contributed by atoms with van der Waals surface area (Å²) < 4.78 is 5.03. The van der Waals surface area contributed by atoms with E-state index in [1.165, 1.54) is 6.33 Å². The Morgan fingerprint density at radius 2 is 2.27 bits per heavy atom. The number of nitrogens with one attached hydrogen (secondary N) is 2. The lowest BCUT2D eigenvalue weighted by Crippen LogP contribution is -2.23. The van der Waals surface area contributed by atoms with Crippen molar-refractivity contribution in [2.75, 3.05) is 0 Å². The minimum absolute atomic E-state index is 0.136. The van der Waals surface area contributed by atoms with Gasteiger partial charge in [-0.25, -0.2) is 4.98 Å². The minimum atomic E-state index is 0.136. The van der Waals surface area contributed by atoms with Crippen LogP contribution in [0.5, 0.6) is 0 Å². The quantitative estimate of drug-likeness (QED) is 0.800. The Labute approximate surface area is 87.9 Å². The molecule has 0 aliphatic carbocycles. The van der Waals surface area contributed by atoms with Crippen LogP contribution in [-0.4, -0.2) is 15.2 Å². The number of nitrogens with zero attached hydrogens (tertiary/aromatic N) is 2. The van der Waals surface area contributed by atoms with Crippen LogP contribution in [0.15, 0.2) is 29.3 Å². The van der Waals surface area contributed by atoms with Crippen molar-refractivity contribution in [1.82, 2.24) is 20.5 Å². The van der Waals surface area contributed by atoms with Gasteiger partial charge in [-0.2, -0.15) is 5.10 Å². The topological polar surface area (TPSA) is 66.7 Å². The predicted molar refractivity (Wildman–Crippen MR) is 55.1 cm³/mol. The summed E-state index contributed by atoms with van der Waals surface area (Å²) in [5, 5.41) is 10.1.